The molecule has 1 amide bonds. The van der Waals surface area contributed by atoms with E-state index >= 15 is 0 Å². The monoisotopic (exact) mass is 494 g/mol. The van der Waals surface area contributed by atoms with Crippen molar-refractivity contribution in [2.75, 3.05) is 0 Å². The number of carbonyl (C=O) groups excluding carboxylic acids is 1. The van der Waals surface area contributed by atoms with Crippen LogP contribution in [0.1, 0.15) is 90.5 Å². The lowest BCUT2D eigenvalue weighted by molar-refractivity contribution is -0.174. The maximum Gasteiger partial charge on any atom is 0.240 e. The number of nitrogens with one attached hydrogen (secondary N) is 1. The van der Waals surface area contributed by atoms with E-state index < -0.39 is 0 Å². The molecule has 0 aromatic heterocycles. The van der Waals surface area contributed by atoms with Crippen molar-refractivity contribution in [3.05, 3.63) is 35.9 Å². The quantitative estimate of drug-likeness (QED) is 0.358. The number of amides is 1. The standard InChI is InChI=1S/C31H46N2O3/c1-20(9-14-29(36)33-32-19-21-7-5-4-6-8-21)25-12-13-26-24-11-10-22-17-23(34)15-16-30(22,2)27(24)18-28(35)31(25,26)3/h4-8,19-20,22-28,34-35H,9-18H2,1-3H3,(H,33,36)/b32-19+/t20-,22+,23-,24+,25-,26+,27+,28+,30+,31-/m1/s1. The number of hydrazone groups is 1. The molecule has 198 valence electrons. The van der Waals surface area contributed by atoms with Gasteiger partial charge in [-0.3, -0.25) is 4.79 Å². The number of hydrogen-bond acceptors (Lipinski definition) is 4. The molecule has 0 saturated heterocycles. The Morgan fingerprint density at radius 3 is 2.64 bits per heavy atom. The molecule has 4 fully saturated rings. The lowest BCUT2D eigenvalue weighted by atomic mass is 9.43. The number of hydrogen-bond donors (Lipinski definition) is 3. The third-order valence-corrected chi connectivity index (χ3v) is 11.5. The van der Waals surface area contributed by atoms with Gasteiger partial charge in [0.2, 0.25) is 5.91 Å². The van der Waals surface area contributed by atoms with Gasteiger partial charge in [0.1, 0.15) is 0 Å². The van der Waals surface area contributed by atoms with Crippen LogP contribution in [-0.4, -0.2) is 34.5 Å². The number of carbonyl (C=O) groups is 1. The number of benzene rings is 1. The largest absolute Gasteiger partial charge is 0.393 e. The van der Waals surface area contributed by atoms with E-state index in [1.54, 1.807) is 6.21 Å². The van der Waals surface area contributed by atoms with Crippen LogP contribution in [0.2, 0.25) is 0 Å². The molecule has 1 aromatic carbocycles. The third kappa shape index (κ3) is 4.55. The van der Waals surface area contributed by atoms with Crippen LogP contribution in [0.5, 0.6) is 0 Å². The van der Waals surface area contributed by atoms with Crippen LogP contribution < -0.4 is 5.43 Å². The molecule has 5 heteroatoms. The zero-order valence-electron chi connectivity index (χ0n) is 22.4. The highest BCUT2D eigenvalue weighted by Gasteiger charge is 2.63. The number of nitrogens with zero attached hydrogens (tertiary/aromatic N) is 1. The summed E-state index contributed by atoms with van der Waals surface area (Å²) in [6.07, 6.45) is 11.3. The van der Waals surface area contributed by atoms with E-state index in [0.29, 0.717) is 41.9 Å². The topological polar surface area (TPSA) is 81.9 Å². The predicted molar refractivity (Wildman–Crippen MR) is 143 cm³/mol. The maximum atomic E-state index is 12.5. The fraction of sp³-hybridized carbons (Fsp3) is 0.742. The summed E-state index contributed by atoms with van der Waals surface area (Å²) in [5.41, 5.74) is 3.87. The van der Waals surface area contributed by atoms with Gasteiger partial charge in [-0.15, -0.1) is 0 Å². The van der Waals surface area contributed by atoms with Gasteiger partial charge in [0.15, 0.2) is 0 Å². The fourth-order valence-electron chi connectivity index (χ4n) is 9.49. The molecular formula is C31H46N2O3. The van der Waals surface area contributed by atoms with Gasteiger partial charge >= 0.3 is 0 Å². The first-order valence-electron chi connectivity index (χ1n) is 14.5. The van der Waals surface area contributed by atoms with Crippen LogP contribution in [0.3, 0.4) is 0 Å². The maximum absolute atomic E-state index is 12.5. The molecule has 0 spiro atoms. The Kier molecular flexibility index (Phi) is 7.35. The molecule has 1 aromatic rings. The fourth-order valence-corrected chi connectivity index (χ4v) is 9.49. The van der Waals surface area contributed by atoms with E-state index in [-0.39, 0.29) is 28.9 Å². The normalized spacial score (nSPS) is 42.9. The molecule has 10 atom stereocenters. The highest BCUT2D eigenvalue weighted by molar-refractivity contribution is 5.82. The SMILES string of the molecule is C[C@H](CCC(=O)N/N=C/c1ccccc1)[C@H]1CC[C@H]2[C@@H]3CC[C@H]4C[C@H](O)CC[C@]4(C)[C@H]3C[C@H](O)[C@]12C. The first kappa shape index (κ1) is 25.9. The van der Waals surface area contributed by atoms with Gasteiger partial charge in [-0.05, 0) is 110 Å². The summed E-state index contributed by atoms with van der Waals surface area (Å²) in [5.74, 6) is 3.28. The molecule has 0 aliphatic heterocycles. The molecule has 3 N–H and O–H groups in total. The summed E-state index contributed by atoms with van der Waals surface area (Å²) >= 11 is 0. The van der Waals surface area contributed by atoms with Crippen LogP contribution in [0.25, 0.3) is 0 Å². The summed E-state index contributed by atoms with van der Waals surface area (Å²) in [4.78, 5) is 12.5. The van der Waals surface area contributed by atoms with E-state index in [9.17, 15) is 15.0 Å². The first-order valence-corrected chi connectivity index (χ1v) is 14.5. The van der Waals surface area contributed by atoms with Crippen molar-refractivity contribution in [1.29, 1.82) is 0 Å². The third-order valence-electron chi connectivity index (χ3n) is 11.5. The predicted octanol–water partition coefficient (Wildman–Crippen LogP) is 5.54. The molecule has 36 heavy (non-hydrogen) atoms. The molecule has 0 unspecified atom stereocenters. The molecule has 5 nitrogen and oxygen atoms in total. The summed E-state index contributed by atoms with van der Waals surface area (Å²) in [6, 6.07) is 9.78. The smallest absolute Gasteiger partial charge is 0.240 e. The lowest BCUT2D eigenvalue weighted by Crippen LogP contribution is -2.58. The van der Waals surface area contributed by atoms with Crippen LogP contribution in [0.4, 0.5) is 0 Å². The molecule has 4 aliphatic rings. The van der Waals surface area contributed by atoms with E-state index in [0.717, 1.165) is 44.1 Å². The van der Waals surface area contributed by atoms with E-state index in [4.69, 9.17) is 0 Å². The van der Waals surface area contributed by atoms with E-state index in [1.807, 2.05) is 30.3 Å². The van der Waals surface area contributed by atoms with Crippen LogP contribution in [-0.2, 0) is 4.79 Å². The van der Waals surface area contributed by atoms with E-state index in [1.165, 1.54) is 19.3 Å². The second-order valence-electron chi connectivity index (χ2n) is 13.1. The Morgan fingerprint density at radius 1 is 1.08 bits per heavy atom. The second-order valence-corrected chi connectivity index (χ2v) is 13.1. The average Bonchev–Trinajstić information content (AvgIpc) is 3.23. The van der Waals surface area contributed by atoms with Gasteiger partial charge in [-0.2, -0.15) is 5.10 Å². The summed E-state index contributed by atoms with van der Waals surface area (Å²) in [5, 5.41) is 26.1. The highest BCUT2D eigenvalue weighted by atomic mass is 16.3. The second kappa shape index (κ2) is 10.2. The Labute approximate surface area is 217 Å². The molecule has 0 radical (unpaired) electrons. The molecular weight excluding hydrogens is 448 g/mol. The Morgan fingerprint density at radius 2 is 1.86 bits per heavy atom. The van der Waals surface area contributed by atoms with Crippen molar-refractivity contribution in [2.45, 2.75) is 97.2 Å². The molecule has 5 rings (SSSR count). The van der Waals surface area contributed by atoms with Crippen molar-refractivity contribution in [2.24, 2.45) is 51.4 Å². The minimum atomic E-state index is -0.273. The first-order chi connectivity index (χ1) is 17.2. The summed E-state index contributed by atoms with van der Waals surface area (Å²) in [7, 11) is 0. The molecule has 4 saturated carbocycles. The summed E-state index contributed by atoms with van der Waals surface area (Å²) in [6.45, 7) is 7.14. The van der Waals surface area contributed by atoms with Gasteiger partial charge in [-0.1, -0.05) is 51.1 Å². The zero-order valence-corrected chi connectivity index (χ0v) is 22.4. The van der Waals surface area contributed by atoms with Gasteiger partial charge in [0.25, 0.3) is 0 Å². The molecule has 0 bridgehead atoms. The van der Waals surface area contributed by atoms with Crippen LogP contribution in [0, 0.1) is 46.3 Å². The molecule has 4 aliphatic carbocycles. The number of aliphatic hydroxyl groups is 2. The van der Waals surface area contributed by atoms with Crippen molar-refractivity contribution >= 4 is 12.1 Å². The number of fused-ring (bicyclic) bond motifs is 5. The minimum Gasteiger partial charge on any atom is -0.393 e. The van der Waals surface area contributed by atoms with Crippen molar-refractivity contribution in [3.8, 4) is 0 Å². The highest BCUT2D eigenvalue weighted by Crippen LogP contribution is 2.68. The Balaban J connectivity index is 1.21. The minimum absolute atomic E-state index is 0.0382. The van der Waals surface area contributed by atoms with Crippen LogP contribution in [0.15, 0.2) is 35.4 Å². The summed E-state index contributed by atoms with van der Waals surface area (Å²) < 4.78 is 0. The van der Waals surface area contributed by atoms with Gasteiger partial charge in [0, 0.05) is 6.42 Å². The van der Waals surface area contributed by atoms with E-state index in [2.05, 4.69) is 31.3 Å². The van der Waals surface area contributed by atoms with Crippen molar-refractivity contribution in [3.63, 3.8) is 0 Å². The van der Waals surface area contributed by atoms with Crippen LogP contribution >= 0.6 is 0 Å². The Hall–Kier alpha value is -1.72. The zero-order chi connectivity index (χ0) is 25.5. The van der Waals surface area contributed by atoms with Crippen molar-refractivity contribution in [1.82, 2.24) is 5.43 Å². The van der Waals surface area contributed by atoms with Crippen molar-refractivity contribution < 1.29 is 15.0 Å². The molecule has 0 heterocycles. The Bertz CT molecular complexity index is 950. The number of aliphatic hydroxyl groups excluding tert-OH is 2. The average molecular weight is 495 g/mol. The van der Waals surface area contributed by atoms with Gasteiger partial charge in [0.05, 0.1) is 18.4 Å². The van der Waals surface area contributed by atoms with Gasteiger partial charge in [-0.25, -0.2) is 5.43 Å². The number of rotatable bonds is 6. The van der Waals surface area contributed by atoms with Gasteiger partial charge < -0.3 is 10.2 Å². The lowest BCUT2D eigenvalue weighted by Gasteiger charge is -2.62.